The third kappa shape index (κ3) is 5.68. The maximum absolute atomic E-state index is 12.4. The summed E-state index contributed by atoms with van der Waals surface area (Å²) in [5.74, 6) is 1.33. The average Bonchev–Trinajstić information content (AvgIpc) is 2.77. The van der Waals surface area contributed by atoms with Gasteiger partial charge in [-0.25, -0.2) is 9.97 Å². The van der Waals surface area contributed by atoms with Crippen molar-refractivity contribution in [1.82, 2.24) is 9.97 Å². The van der Waals surface area contributed by atoms with Crippen LogP contribution in [0.25, 0.3) is 0 Å². The van der Waals surface area contributed by atoms with E-state index in [-0.39, 0.29) is 5.91 Å². The first kappa shape index (κ1) is 20.1. The Morgan fingerprint density at radius 1 is 0.966 bits per heavy atom. The van der Waals surface area contributed by atoms with E-state index in [1.54, 1.807) is 32.4 Å². The summed E-state index contributed by atoms with van der Waals surface area (Å²) in [4.78, 5) is 20.9. The van der Waals surface area contributed by atoms with Crippen LogP contribution in [0.4, 0.5) is 11.6 Å². The van der Waals surface area contributed by atoms with Crippen LogP contribution in [0.15, 0.2) is 60.9 Å². The van der Waals surface area contributed by atoms with Gasteiger partial charge >= 0.3 is 0 Å². The van der Waals surface area contributed by atoms with Gasteiger partial charge in [0.25, 0.3) is 5.91 Å². The number of amides is 1. The highest BCUT2D eigenvalue weighted by Gasteiger charge is 2.10. The molecule has 0 saturated heterocycles. The topological polar surface area (TPSA) is 85.4 Å². The van der Waals surface area contributed by atoms with Gasteiger partial charge in [-0.15, -0.1) is 0 Å². The average molecular weight is 392 g/mol. The molecule has 0 saturated carbocycles. The minimum Gasteiger partial charge on any atom is -0.493 e. The molecular weight excluding hydrogens is 368 g/mol. The van der Waals surface area contributed by atoms with Crippen molar-refractivity contribution in [1.29, 1.82) is 0 Å². The number of nitrogens with zero attached hydrogens (tertiary/aromatic N) is 2. The van der Waals surface area contributed by atoms with Gasteiger partial charge in [0.1, 0.15) is 0 Å². The van der Waals surface area contributed by atoms with E-state index in [1.807, 2.05) is 18.2 Å². The lowest BCUT2D eigenvalue weighted by molar-refractivity contribution is 0.102. The van der Waals surface area contributed by atoms with E-state index >= 15 is 0 Å². The smallest absolute Gasteiger partial charge is 0.258 e. The Kier molecular flexibility index (Phi) is 7.00. The fourth-order valence-electron chi connectivity index (χ4n) is 2.79. The van der Waals surface area contributed by atoms with E-state index in [0.717, 1.165) is 19.4 Å². The van der Waals surface area contributed by atoms with E-state index in [4.69, 9.17) is 9.47 Å². The molecule has 2 aromatic carbocycles. The highest BCUT2D eigenvalue weighted by atomic mass is 16.5. The Bertz CT molecular complexity index is 931. The SMILES string of the molecule is COc1ccc(NC(=O)c2cnc(NCCCc3ccccc3)nc2)cc1OC. The molecule has 0 aliphatic carbocycles. The van der Waals surface area contributed by atoms with Crippen molar-refractivity contribution in [2.75, 3.05) is 31.4 Å². The van der Waals surface area contributed by atoms with E-state index in [1.165, 1.54) is 18.0 Å². The first-order valence-corrected chi connectivity index (χ1v) is 9.33. The van der Waals surface area contributed by atoms with Crippen LogP contribution in [0.3, 0.4) is 0 Å². The summed E-state index contributed by atoms with van der Waals surface area (Å²) in [6.45, 7) is 0.756. The number of ether oxygens (including phenoxy) is 2. The number of benzene rings is 2. The summed E-state index contributed by atoms with van der Waals surface area (Å²) in [7, 11) is 3.10. The molecule has 3 rings (SSSR count). The van der Waals surface area contributed by atoms with Crippen molar-refractivity contribution in [2.45, 2.75) is 12.8 Å². The van der Waals surface area contributed by atoms with Crippen LogP contribution in [0.5, 0.6) is 11.5 Å². The van der Waals surface area contributed by atoms with Crippen LogP contribution < -0.4 is 20.1 Å². The predicted octanol–water partition coefficient (Wildman–Crippen LogP) is 3.79. The van der Waals surface area contributed by atoms with Crippen molar-refractivity contribution >= 4 is 17.5 Å². The molecule has 1 amide bonds. The largest absolute Gasteiger partial charge is 0.493 e. The molecule has 0 fully saturated rings. The molecule has 0 atom stereocenters. The fourth-order valence-corrected chi connectivity index (χ4v) is 2.79. The molecule has 0 aliphatic rings. The Morgan fingerprint density at radius 2 is 1.69 bits per heavy atom. The molecule has 1 heterocycles. The third-order valence-electron chi connectivity index (χ3n) is 4.32. The Hall–Kier alpha value is -3.61. The van der Waals surface area contributed by atoms with Gasteiger partial charge in [-0.1, -0.05) is 30.3 Å². The van der Waals surface area contributed by atoms with Gasteiger partial charge in [0, 0.05) is 30.7 Å². The molecule has 3 aromatic rings. The van der Waals surface area contributed by atoms with Crippen LogP contribution in [0, 0.1) is 0 Å². The van der Waals surface area contributed by atoms with Gasteiger partial charge in [0.05, 0.1) is 19.8 Å². The summed E-state index contributed by atoms with van der Waals surface area (Å²) in [5.41, 5.74) is 2.27. The highest BCUT2D eigenvalue weighted by Crippen LogP contribution is 2.29. The molecule has 1 aromatic heterocycles. The normalized spacial score (nSPS) is 10.3. The van der Waals surface area contributed by atoms with Gasteiger partial charge in [0.15, 0.2) is 11.5 Å². The molecule has 0 unspecified atom stereocenters. The standard InChI is InChI=1S/C22H24N4O3/c1-28-19-11-10-18(13-20(19)29-2)26-21(27)17-14-24-22(25-15-17)23-12-6-9-16-7-4-3-5-8-16/h3-5,7-8,10-11,13-15H,6,9,12H2,1-2H3,(H,26,27)(H,23,24,25). The lowest BCUT2D eigenvalue weighted by Gasteiger charge is -2.10. The molecule has 0 bridgehead atoms. The molecule has 150 valence electrons. The first-order chi connectivity index (χ1) is 14.2. The maximum Gasteiger partial charge on any atom is 0.258 e. The quantitative estimate of drug-likeness (QED) is 0.539. The summed E-state index contributed by atoms with van der Waals surface area (Å²) in [6.07, 6.45) is 4.96. The molecule has 0 spiro atoms. The number of rotatable bonds is 9. The second-order valence-corrected chi connectivity index (χ2v) is 6.34. The zero-order valence-electron chi connectivity index (χ0n) is 16.5. The van der Waals surface area contributed by atoms with E-state index in [0.29, 0.717) is 28.7 Å². The highest BCUT2D eigenvalue weighted by molar-refractivity contribution is 6.04. The van der Waals surface area contributed by atoms with Crippen LogP contribution in [-0.2, 0) is 6.42 Å². The van der Waals surface area contributed by atoms with Crippen molar-refractivity contribution in [3.63, 3.8) is 0 Å². The van der Waals surface area contributed by atoms with E-state index < -0.39 is 0 Å². The number of carbonyl (C=O) groups excluding carboxylic acids is 1. The number of aromatic nitrogens is 2. The minimum absolute atomic E-state index is 0.298. The summed E-state index contributed by atoms with van der Waals surface area (Å²) in [5, 5.41) is 5.97. The van der Waals surface area contributed by atoms with Crippen molar-refractivity contribution < 1.29 is 14.3 Å². The van der Waals surface area contributed by atoms with Crippen LogP contribution >= 0.6 is 0 Å². The van der Waals surface area contributed by atoms with E-state index in [9.17, 15) is 4.79 Å². The Morgan fingerprint density at radius 3 is 2.38 bits per heavy atom. The number of methoxy groups -OCH3 is 2. The molecule has 7 heteroatoms. The summed E-state index contributed by atoms with van der Waals surface area (Å²) in [6, 6.07) is 15.5. The van der Waals surface area contributed by atoms with Crippen molar-refractivity contribution in [3.8, 4) is 11.5 Å². The van der Waals surface area contributed by atoms with Crippen LogP contribution in [0.1, 0.15) is 22.3 Å². The Labute approximate surface area is 170 Å². The summed E-state index contributed by atoms with van der Waals surface area (Å²) >= 11 is 0. The zero-order chi connectivity index (χ0) is 20.5. The van der Waals surface area contributed by atoms with Crippen LogP contribution in [0.2, 0.25) is 0 Å². The second kappa shape index (κ2) is 10.1. The number of carbonyl (C=O) groups is 1. The van der Waals surface area contributed by atoms with Gasteiger partial charge in [-0.05, 0) is 30.5 Å². The molecule has 0 radical (unpaired) electrons. The number of anilines is 2. The van der Waals surface area contributed by atoms with E-state index in [2.05, 4.69) is 32.7 Å². The molecule has 0 aliphatic heterocycles. The first-order valence-electron chi connectivity index (χ1n) is 9.33. The van der Waals surface area contributed by atoms with Gasteiger partial charge in [0.2, 0.25) is 5.95 Å². The molecule has 2 N–H and O–H groups in total. The van der Waals surface area contributed by atoms with Crippen molar-refractivity contribution in [3.05, 3.63) is 72.1 Å². The molecular formula is C22H24N4O3. The summed E-state index contributed by atoms with van der Waals surface area (Å²) < 4.78 is 10.4. The third-order valence-corrected chi connectivity index (χ3v) is 4.32. The lowest BCUT2D eigenvalue weighted by Crippen LogP contribution is -2.14. The van der Waals surface area contributed by atoms with Gasteiger partial charge in [-0.2, -0.15) is 0 Å². The second-order valence-electron chi connectivity index (χ2n) is 6.34. The van der Waals surface area contributed by atoms with Gasteiger partial charge in [-0.3, -0.25) is 4.79 Å². The fraction of sp³-hybridized carbons (Fsp3) is 0.227. The molecule has 29 heavy (non-hydrogen) atoms. The number of hydrogen-bond donors (Lipinski definition) is 2. The number of aryl methyl sites for hydroxylation is 1. The lowest BCUT2D eigenvalue weighted by atomic mass is 10.1. The zero-order valence-corrected chi connectivity index (χ0v) is 16.5. The monoisotopic (exact) mass is 392 g/mol. The minimum atomic E-state index is -0.298. The molecule has 7 nitrogen and oxygen atoms in total. The van der Waals surface area contributed by atoms with Gasteiger partial charge < -0.3 is 20.1 Å². The number of nitrogens with one attached hydrogen (secondary N) is 2. The Balaban J connectivity index is 1.51. The van der Waals surface area contributed by atoms with Crippen molar-refractivity contribution in [2.24, 2.45) is 0 Å². The van der Waals surface area contributed by atoms with Crippen LogP contribution in [-0.4, -0.2) is 36.6 Å². The number of hydrogen-bond acceptors (Lipinski definition) is 6. The predicted molar refractivity (Wildman–Crippen MR) is 113 cm³/mol. The maximum atomic E-state index is 12.4.